The lowest BCUT2D eigenvalue weighted by molar-refractivity contribution is 0.109. The molecule has 0 N–H and O–H groups in total. The minimum atomic E-state index is -3.51. The van der Waals surface area contributed by atoms with Crippen LogP contribution in [0.25, 0.3) is 0 Å². The van der Waals surface area contributed by atoms with Crippen LogP contribution in [0, 0.1) is 0 Å². The van der Waals surface area contributed by atoms with E-state index in [0.29, 0.717) is 17.9 Å². The zero-order valence-corrected chi connectivity index (χ0v) is 7.14. The van der Waals surface area contributed by atoms with E-state index in [2.05, 4.69) is 0 Å². The van der Waals surface area contributed by atoms with Gasteiger partial charge in [-0.2, -0.15) is 8.42 Å². The van der Waals surface area contributed by atoms with Crippen molar-refractivity contribution in [1.29, 1.82) is 0 Å². The molecule has 0 radical (unpaired) electrons. The van der Waals surface area contributed by atoms with E-state index in [4.69, 9.17) is 8.60 Å². The quantitative estimate of drug-likeness (QED) is 0.561. The van der Waals surface area contributed by atoms with Gasteiger partial charge in [-0.05, 0) is 6.92 Å². The van der Waals surface area contributed by atoms with Crippen molar-refractivity contribution in [1.82, 2.24) is 0 Å². The van der Waals surface area contributed by atoms with Crippen LogP contribution in [-0.2, 0) is 26.3 Å². The van der Waals surface area contributed by atoms with E-state index >= 15 is 0 Å². The summed E-state index contributed by atoms with van der Waals surface area (Å²) in [5.74, 6) is 1.17. The summed E-state index contributed by atoms with van der Waals surface area (Å²) in [6, 6.07) is 1.54. The van der Waals surface area contributed by atoms with Crippen molar-refractivity contribution >= 4 is 10.1 Å². The standard InChI is InChI=1S/C7H6O4S/c1-7-3-4-2-5(6(7)10-4)12(8,9)11-7/h2H,3H2,1H3. The van der Waals surface area contributed by atoms with Crippen LogP contribution in [0.15, 0.2) is 15.4 Å². The molecule has 4 nitrogen and oxygen atoms in total. The van der Waals surface area contributed by atoms with Crippen LogP contribution < -0.4 is 0 Å². The summed E-state index contributed by atoms with van der Waals surface area (Å²) >= 11 is 0. The molecule has 0 saturated carbocycles. The lowest BCUT2D eigenvalue weighted by Gasteiger charge is -2.13. The average molecular weight is 186 g/mol. The molecule has 2 bridgehead atoms. The Kier molecular flexibility index (Phi) is 0.819. The Morgan fingerprint density at radius 2 is 2.33 bits per heavy atom. The van der Waals surface area contributed by atoms with E-state index in [0.717, 1.165) is 0 Å². The summed E-state index contributed by atoms with van der Waals surface area (Å²) in [5, 5.41) is 0. The van der Waals surface area contributed by atoms with Gasteiger partial charge in [0.1, 0.15) is 10.7 Å². The number of hydrogen-bond donors (Lipinski definition) is 0. The third-order valence-corrected chi connectivity index (χ3v) is 3.73. The highest BCUT2D eigenvalue weighted by Crippen LogP contribution is 2.50. The smallest absolute Gasteiger partial charge is 0.301 e. The van der Waals surface area contributed by atoms with Crippen molar-refractivity contribution in [2.24, 2.45) is 0 Å². The molecule has 0 spiro atoms. The molecule has 12 heavy (non-hydrogen) atoms. The number of rotatable bonds is 0. The van der Waals surface area contributed by atoms with Crippen LogP contribution in [-0.4, -0.2) is 8.42 Å². The molecule has 2 aliphatic heterocycles. The van der Waals surface area contributed by atoms with E-state index in [1.165, 1.54) is 0 Å². The first-order chi connectivity index (χ1) is 5.51. The summed E-state index contributed by atoms with van der Waals surface area (Å²) in [4.78, 5) is 0.214. The van der Waals surface area contributed by atoms with E-state index in [-0.39, 0.29) is 4.90 Å². The van der Waals surface area contributed by atoms with Crippen LogP contribution in [0.4, 0.5) is 0 Å². The van der Waals surface area contributed by atoms with Crippen molar-refractivity contribution in [3.63, 3.8) is 0 Å². The van der Waals surface area contributed by atoms with Gasteiger partial charge in [-0.15, -0.1) is 0 Å². The van der Waals surface area contributed by atoms with Gasteiger partial charge >= 0.3 is 10.1 Å². The van der Waals surface area contributed by atoms with Gasteiger partial charge in [0, 0.05) is 12.5 Å². The number of furan rings is 1. The van der Waals surface area contributed by atoms with E-state index < -0.39 is 15.7 Å². The van der Waals surface area contributed by atoms with Gasteiger partial charge < -0.3 is 4.42 Å². The van der Waals surface area contributed by atoms with Crippen molar-refractivity contribution < 1.29 is 17.0 Å². The Labute approximate surface area is 69.3 Å². The van der Waals surface area contributed by atoms with Crippen molar-refractivity contribution in [2.45, 2.75) is 23.8 Å². The lowest BCUT2D eigenvalue weighted by atomic mass is 9.97. The Hall–Kier alpha value is -0.810. The normalized spacial score (nSPS) is 34.4. The van der Waals surface area contributed by atoms with E-state index in [1.807, 2.05) is 0 Å². The molecule has 1 aromatic rings. The fourth-order valence-electron chi connectivity index (χ4n) is 1.83. The molecular formula is C7H6O4S. The van der Waals surface area contributed by atoms with Crippen LogP contribution in [0.1, 0.15) is 18.4 Å². The first kappa shape index (κ1) is 6.68. The van der Waals surface area contributed by atoms with E-state index in [1.54, 1.807) is 13.0 Å². The van der Waals surface area contributed by atoms with Crippen molar-refractivity contribution in [3.05, 3.63) is 17.6 Å². The molecule has 0 aromatic carbocycles. The topological polar surface area (TPSA) is 56.5 Å². The zero-order valence-electron chi connectivity index (χ0n) is 6.33. The molecule has 2 aliphatic rings. The monoisotopic (exact) mass is 186 g/mol. The Balaban J connectivity index is 2.47. The number of hydrogen-bond acceptors (Lipinski definition) is 4. The Bertz CT molecular complexity index is 470. The van der Waals surface area contributed by atoms with Crippen LogP contribution in [0.3, 0.4) is 0 Å². The highest BCUT2D eigenvalue weighted by atomic mass is 32.2. The van der Waals surface area contributed by atoms with Crippen LogP contribution in [0.2, 0.25) is 0 Å². The molecule has 0 amide bonds. The van der Waals surface area contributed by atoms with Gasteiger partial charge in [-0.25, -0.2) is 0 Å². The highest BCUT2D eigenvalue weighted by Gasteiger charge is 2.54. The highest BCUT2D eigenvalue weighted by molar-refractivity contribution is 7.87. The molecule has 0 fully saturated rings. The third-order valence-electron chi connectivity index (χ3n) is 2.30. The maximum atomic E-state index is 11.3. The van der Waals surface area contributed by atoms with Crippen molar-refractivity contribution in [2.75, 3.05) is 0 Å². The molecule has 1 unspecified atom stereocenters. The largest absolute Gasteiger partial charge is 0.461 e. The summed E-state index contributed by atoms with van der Waals surface area (Å²) < 4.78 is 32.7. The number of fused-ring (bicyclic) bond motifs is 1. The van der Waals surface area contributed by atoms with Gasteiger partial charge in [0.2, 0.25) is 0 Å². The predicted molar refractivity (Wildman–Crippen MR) is 38.0 cm³/mol. The SMILES string of the molecule is CC12Cc3cc(c1o3)S(=O)(=O)O2. The zero-order chi connectivity index (χ0) is 8.56. The minimum absolute atomic E-state index is 0.214. The first-order valence-corrected chi connectivity index (χ1v) is 5.01. The van der Waals surface area contributed by atoms with Gasteiger partial charge in [-0.3, -0.25) is 4.18 Å². The maximum Gasteiger partial charge on any atom is 0.301 e. The third kappa shape index (κ3) is 0.527. The second-order valence-corrected chi connectivity index (χ2v) is 4.87. The molecule has 3 heterocycles. The summed E-state index contributed by atoms with van der Waals surface area (Å²) in [6.45, 7) is 1.73. The average Bonchev–Trinajstić information content (AvgIpc) is 2.41. The van der Waals surface area contributed by atoms with Gasteiger partial charge in [-0.1, -0.05) is 0 Å². The molecular weight excluding hydrogens is 180 g/mol. The van der Waals surface area contributed by atoms with Gasteiger partial charge in [0.25, 0.3) is 0 Å². The molecule has 0 aliphatic carbocycles. The summed E-state index contributed by atoms with van der Waals surface area (Å²) in [5.41, 5.74) is -0.738. The second-order valence-electron chi connectivity index (χ2n) is 3.35. The van der Waals surface area contributed by atoms with Crippen LogP contribution in [0.5, 0.6) is 0 Å². The van der Waals surface area contributed by atoms with Gasteiger partial charge in [0.15, 0.2) is 11.4 Å². The molecule has 0 saturated heterocycles. The van der Waals surface area contributed by atoms with Gasteiger partial charge in [0.05, 0.1) is 0 Å². The van der Waals surface area contributed by atoms with Crippen molar-refractivity contribution in [3.8, 4) is 0 Å². The first-order valence-electron chi connectivity index (χ1n) is 3.60. The Morgan fingerprint density at radius 1 is 1.58 bits per heavy atom. The minimum Gasteiger partial charge on any atom is -0.461 e. The lowest BCUT2D eigenvalue weighted by Crippen LogP contribution is -2.21. The summed E-state index contributed by atoms with van der Waals surface area (Å²) in [6.07, 6.45) is 0.533. The Morgan fingerprint density at radius 3 is 2.83 bits per heavy atom. The molecule has 1 atom stereocenters. The predicted octanol–water partition coefficient (Wildman–Crippen LogP) is 0.770. The van der Waals surface area contributed by atoms with Crippen LogP contribution >= 0.6 is 0 Å². The fraction of sp³-hybridized carbons (Fsp3) is 0.429. The van der Waals surface area contributed by atoms with E-state index in [9.17, 15) is 8.42 Å². The fourth-order valence-corrected chi connectivity index (χ4v) is 3.30. The molecule has 5 heteroatoms. The molecule has 1 aromatic heterocycles. The molecule has 3 rings (SSSR count). The second kappa shape index (κ2) is 1.47. The molecule has 64 valence electrons. The maximum absolute atomic E-state index is 11.3. The summed E-state index contributed by atoms with van der Waals surface area (Å²) in [7, 11) is -3.51.